The van der Waals surface area contributed by atoms with Crippen molar-refractivity contribution in [3.63, 3.8) is 0 Å². The first-order valence-electron chi connectivity index (χ1n) is 5.89. The topological polar surface area (TPSA) is 37.9 Å². The molecule has 2 rings (SSSR count). The molecule has 3 nitrogen and oxygen atoms in total. The lowest BCUT2D eigenvalue weighted by atomic mass is 9.99. The Labute approximate surface area is 101 Å². The van der Waals surface area contributed by atoms with Gasteiger partial charge >= 0.3 is 0 Å². The zero-order chi connectivity index (χ0) is 11.5. The van der Waals surface area contributed by atoms with Crippen LogP contribution in [0.3, 0.4) is 0 Å². The van der Waals surface area contributed by atoms with E-state index in [1.807, 2.05) is 6.92 Å². The Bertz CT molecular complexity index is 422. The third-order valence-electron chi connectivity index (χ3n) is 3.24. The van der Waals surface area contributed by atoms with Gasteiger partial charge in [0.05, 0.1) is 0 Å². The summed E-state index contributed by atoms with van der Waals surface area (Å²) < 4.78 is 6.11. The summed E-state index contributed by atoms with van der Waals surface area (Å²) in [7, 11) is 0. The van der Waals surface area contributed by atoms with Crippen LogP contribution in [-0.2, 0) is 11.2 Å². The monoisotopic (exact) mass is 238 g/mol. The molecule has 0 radical (unpaired) electrons. The third-order valence-corrected chi connectivity index (χ3v) is 3.63. The van der Waals surface area contributed by atoms with E-state index in [0.717, 1.165) is 48.5 Å². The Morgan fingerprint density at radius 2 is 2.12 bits per heavy atom. The molecule has 16 heavy (non-hydrogen) atoms. The van der Waals surface area contributed by atoms with E-state index in [4.69, 9.17) is 17.0 Å². The Kier molecular flexibility index (Phi) is 3.71. The average Bonchev–Trinajstić information content (AvgIpc) is 2.33. The summed E-state index contributed by atoms with van der Waals surface area (Å²) in [4.78, 5) is 7.95. The first kappa shape index (κ1) is 11.7. The van der Waals surface area contributed by atoms with E-state index >= 15 is 0 Å². The molecule has 0 bridgehead atoms. The predicted molar refractivity (Wildman–Crippen MR) is 66.3 cm³/mol. The molecule has 1 N–H and O–H groups in total. The molecular weight excluding hydrogens is 220 g/mol. The van der Waals surface area contributed by atoms with Crippen LogP contribution in [0.15, 0.2) is 0 Å². The van der Waals surface area contributed by atoms with Crippen LogP contribution in [0.25, 0.3) is 0 Å². The maximum atomic E-state index is 5.36. The van der Waals surface area contributed by atoms with E-state index in [0.29, 0.717) is 5.92 Å². The number of aromatic amines is 1. The van der Waals surface area contributed by atoms with Gasteiger partial charge in [0.2, 0.25) is 0 Å². The van der Waals surface area contributed by atoms with Crippen LogP contribution in [0.1, 0.15) is 42.8 Å². The zero-order valence-corrected chi connectivity index (χ0v) is 10.7. The highest BCUT2D eigenvalue weighted by Gasteiger charge is 2.18. The van der Waals surface area contributed by atoms with Crippen LogP contribution in [0, 0.1) is 11.6 Å². The number of ether oxygens (including phenoxy) is 1. The molecule has 0 unspecified atom stereocenters. The first-order valence-corrected chi connectivity index (χ1v) is 6.30. The molecule has 4 heteroatoms. The van der Waals surface area contributed by atoms with Gasteiger partial charge in [0, 0.05) is 30.4 Å². The molecule has 1 aromatic rings. The maximum absolute atomic E-state index is 5.36. The van der Waals surface area contributed by atoms with Gasteiger partial charge in [-0.15, -0.1) is 0 Å². The van der Waals surface area contributed by atoms with Gasteiger partial charge in [0.15, 0.2) is 0 Å². The van der Waals surface area contributed by atoms with E-state index in [9.17, 15) is 0 Å². The molecule has 1 fully saturated rings. The second kappa shape index (κ2) is 5.06. The zero-order valence-electron chi connectivity index (χ0n) is 9.88. The van der Waals surface area contributed by atoms with Crippen molar-refractivity contribution in [1.29, 1.82) is 0 Å². The van der Waals surface area contributed by atoms with Crippen molar-refractivity contribution in [2.75, 3.05) is 13.2 Å². The highest BCUT2D eigenvalue weighted by molar-refractivity contribution is 7.71. The van der Waals surface area contributed by atoms with Gasteiger partial charge in [0.25, 0.3) is 0 Å². The Hall–Kier alpha value is -0.740. The maximum Gasteiger partial charge on any atom is 0.132 e. The fraction of sp³-hybridized carbons (Fsp3) is 0.667. The summed E-state index contributed by atoms with van der Waals surface area (Å²) in [6.45, 7) is 5.85. The van der Waals surface area contributed by atoms with Crippen LogP contribution in [0.4, 0.5) is 0 Å². The Morgan fingerprint density at radius 1 is 1.44 bits per heavy atom. The minimum atomic E-state index is 0.487. The first-order chi connectivity index (χ1) is 7.72. The molecular formula is C12H18N2OS. The molecule has 0 atom stereocenters. The number of H-pyrrole nitrogens is 1. The van der Waals surface area contributed by atoms with Crippen LogP contribution in [0.5, 0.6) is 0 Å². The molecule has 0 aliphatic carbocycles. The van der Waals surface area contributed by atoms with Gasteiger partial charge in [-0.05, 0) is 26.2 Å². The highest BCUT2D eigenvalue weighted by atomic mass is 32.1. The standard InChI is InChI=1S/C12H18N2OS/c1-3-10-8(2)12(16)14-11(13-10)9-4-6-15-7-5-9/h9H,3-7H2,1-2H3,(H,13,14,16). The summed E-state index contributed by atoms with van der Waals surface area (Å²) in [6.07, 6.45) is 3.07. The van der Waals surface area contributed by atoms with Gasteiger partial charge < -0.3 is 9.72 Å². The van der Waals surface area contributed by atoms with E-state index in [-0.39, 0.29) is 0 Å². The fourth-order valence-electron chi connectivity index (χ4n) is 2.12. The summed E-state index contributed by atoms with van der Waals surface area (Å²) in [6, 6.07) is 0. The number of nitrogens with zero attached hydrogens (tertiary/aromatic N) is 1. The van der Waals surface area contributed by atoms with Crippen LogP contribution in [0.2, 0.25) is 0 Å². The van der Waals surface area contributed by atoms with E-state index in [2.05, 4.69) is 16.9 Å². The molecule has 0 spiro atoms. The van der Waals surface area contributed by atoms with Crippen molar-refractivity contribution < 1.29 is 4.74 Å². The lowest BCUT2D eigenvalue weighted by Gasteiger charge is -2.22. The molecule has 0 aromatic carbocycles. The summed E-state index contributed by atoms with van der Waals surface area (Å²) >= 11 is 5.30. The van der Waals surface area contributed by atoms with Gasteiger partial charge in [-0.3, -0.25) is 0 Å². The van der Waals surface area contributed by atoms with Crippen LogP contribution < -0.4 is 0 Å². The molecule has 88 valence electrons. The molecule has 0 amide bonds. The van der Waals surface area contributed by atoms with Crippen molar-refractivity contribution in [1.82, 2.24) is 9.97 Å². The molecule has 1 aromatic heterocycles. The number of hydrogen-bond acceptors (Lipinski definition) is 3. The largest absolute Gasteiger partial charge is 0.381 e. The Morgan fingerprint density at radius 3 is 2.75 bits per heavy atom. The van der Waals surface area contributed by atoms with Gasteiger partial charge in [-0.2, -0.15) is 0 Å². The smallest absolute Gasteiger partial charge is 0.132 e. The second-order valence-electron chi connectivity index (χ2n) is 4.27. The highest BCUT2D eigenvalue weighted by Crippen LogP contribution is 2.24. The number of rotatable bonds is 2. The summed E-state index contributed by atoms with van der Waals surface area (Å²) in [5, 5.41) is 0. The average molecular weight is 238 g/mol. The Balaban J connectivity index is 2.33. The van der Waals surface area contributed by atoms with E-state index in [1.165, 1.54) is 5.69 Å². The molecule has 1 aliphatic rings. The van der Waals surface area contributed by atoms with Crippen molar-refractivity contribution in [3.05, 3.63) is 21.7 Å². The lowest BCUT2D eigenvalue weighted by Crippen LogP contribution is -2.17. The summed E-state index contributed by atoms with van der Waals surface area (Å²) in [5.41, 5.74) is 2.34. The SMILES string of the molecule is CCc1[nH]c(C2CCOCC2)nc(=S)c1C. The van der Waals surface area contributed by atoms with E-state index in [1.54, 1.807) is 0 Å². The predicted octanol–water partition coefficient (Wildman–Crippen LogP) is 2.90. The molecule has 0 saturated carbocycles. The fourth-order valence-corrected chi connectivity index (χ4v) is 2.34. The summed E-state index contributed by atoms with van der Waals surface area (Å²) in [5.74, 6) is 1.54. The van der Waals surface area contributed by atoms with Gasteiger partial charge in [-0.25, -0.2) is 4.98 Å². The molecule has 1 saturated heterocycles. The van der Waals surface area contributed by atoms with Crippen molar-refractivity contribution >= 4 is 12.2 Å². The van der Waals surface area contributed by atoms with Crippen molar-refractivity contribution in [2.24, 2.45) is 0 Å². The lowest BCUT2D eigenvalue weighted by molar-refractivity contribution is 0.0835. The number of aromatic nitrogens is 2. The second-order valence-corrected chi connectivity index (χ2v) is 4.66. The van der Waals surface area contributed by atoms with Gasteiger partial charge in [0.1, 0.15) is 10.5 Å². The quantitative estimate of drug-likeness (QED) is 0.805. The number of hydrogen-bond donors (Lipinski definition) is 1. The minimum Gasteiger partial charge on any atom is -0.381 e. The molecule has 2 heterocycles. The number of nitrogens with one attached hydrogen (secondary N) is 1. The van der Waals surface area contributed by atoms with Crippen LogP contribution in [-0.4, -0.2) is 23.2 Å². The van der Waals surface area contributed by atoms with Gasteiger partial charge in [-0.1, -0.05) is 19.1 Å². The minimum absolute atomic E-state index is 0.487. The van der Waals surface area contributed by atoms with Crippen LogP contribution >= 0.6 is 12.2 Å². The van der Waals surface area contributed by atoms with Crippen molar-refractivity contribution in [3.8, 4) is 0 Å². The third kappa shape index (κ3) is 2.33. The van der Waals surface area contributed by atoms with E-state index < -0.39 is 0 Å². The van der Waals surface area contributed by atoms with Crippen molar-refractivity contribution in [2.45, 2.75) is 39.0 Å². The number of aryl methyl sites for hydroxylation is 1. The molecule has 1 aliphatic heterocycles. The normalized spacial score (nSPS) is 17.6.